The van der Waals surface area contributed by atoms with Crippen LogP contribution < -0.4 is 16.1 Å². The number of hydrogen-bond acceptors (Lipinski definition) is 10. The van der Waals surface area contributed by atoms with Crippen molar-refractivity contribution in [3.8, 4) is 11.3 Å². The van der Waals surface area contributed by atoms with E-state index in [4.69, 9.17) is 4.74 Å². The lowest BCUT2D eigenvalue weighted by atomic mass is 9.86. The first-order valence-electron chi connectivity index (χ1n) is 20.2. The number of urea groups is 1. The van der Waals surface area contributed by atoms with Crippen LogP contribution in [0.1, 0.15) is 62.9 Å². The topological polar surface area (TPSA) is 190 Å². The molecular weight excluding hydrogens is 785 g/mol. The average Bonchev–Trinajstić information content (AvgIpc) is 3.82. The van der Waals surface area contributed by atoms with Gasteiger partial charge >= 0.3 is 12.1 Å². The fourth-order valence-corrected chi connectivity index (χ4v) is 7.97. The van der Waals surface area contributed by atoms with Crippen LogP contribution in [0.25, 0.3) is 11.3 Å². The number of aromatic nitrogens is 2. The van der Waals surface area contributed by atoms with Crippen LogP contribution in [-0.4, -0.2) is 110 Å². The van der Waals surface area contributed by atoms with E-state index < -0.39 is 47.6 Å². The lowest BCUT2D eigenvalue weighted by Crippen LogP contribution is -2.60. The second kappa shape index (κ2) is 21.2. The summed E-state index contributed by atoms with van der Waals surface area (Å²) in [4.78, 5) is 66.4. The summed E-state index contributed by atoms with van der Waals surface area (Å²) in [5.74, 6) is -1.21. The van der Waals surface area contributed by atoms with Crippen LogP contribution in [0, 0.1) is 11.3 Å². The van der Waals surface area contributed by atoms with Gasteiger partial charge in [0.05, 0.1) is 36.7 Å². The van der Waals surface area contributed by atoms with E-state index in [1.807, 2.05) is 92.0 Å². The number of pyridine rings is 1. The first-order chi connectivity index (χ1) is 28.7. The van der Waals surface area contributed by atoms with Gasteiger partial charge in [0.2, 0.25) is 5.91 Å². The molecule has 5 amide bonds. The largest absolute Gasteiger partial charge is 0.465 e. The number of carboxylic acid groups (broad SMARTS) is 1. The second-order valence-corrected chi connectivity index (χ2v) is 17.2. The van der Waals surface area contributed by atoms with Gasteiger partial charge in [-0.3, -0.25) is 20.0 Å². The number of aliphatic hydroxyl groups is 1. The van der Waals surface area contributed by atoms with E-state index in [-0.39, 0.29) is 31.5 Å². The summed E-state index contributed by atoms with van der Waals surface area (Å²) in [5.41, 5.74) is 6.19. The summed E-state index contributed by atoms with van der Waals surface area (Å²) >= 11 is 1.47. The number of carbonyl (C=O) groups is 4. The molecule has 3 heterocycles. The number of ether oxygens (including phenoxy) is 1. The molecule has 16 heteroatoms. The van der Waals surface area contributed by atoms with Gasteiger partial charge < -0.3 is 35.4 Å². The molecule has 0 spiro atoms. The van der Waals surface area contributed by atoms with Gasteiger partial charge in [0.15, 0.2) is 0 Å². The van der Waals surface area contributed by atoms with Crippen molar-refractivity contribution in [3.05, 3.63) is 106 Å². The molecule has 1 aliphatic rings. The van der Waals surface area contributed by atoms with Crippen molar-refractivity contribution in [2.75, 3.05) is 26.7 Å². The third-order valence-corrected chi connectivity index (χ3v) is 11.5. The molecule has 4 aromatic rings. The van der Waals surface area contributed by atoms with Crippen molar-refractivity contribution in [1.29, 1.82) is 0 Å². The van der Waals surface area contributed by atoms with Gasteiger partial charge in [-0.05, 0) is 41.0 Å². The third-order valence-electron chi connectivity index (χ3n) is 10.6. The fraction of sp³-hybridized carbons (Fsp3) is 0.455. The van der Waals surface area contributed by atoms with Gasteiger partial charge in [-0.2, -0.15) is 0 Å². The zero-order valence-electron chi connectivity index (χ0n) is 35.2. The average molecular weight is 843 g/mol. The van der Waals surface area contributed by atoms with E-state index in [0.717, 1.165) is 33.1 Å². The number of amides is 5. The molecule has 1 fully saturated rings. The predicted molar refractivity (Wildman–Crippen MR) is 229 cm³/mol. The Balaban J connectivity index is 1.39. The van der Waals surface area contributed by atoms with Gasteiger partial charge in [0, 0.05) is 50.4 Å². The SMILES string of the molecule is CC[C@H](C)[C@@H](C(=O)N[C@@H](Cc1ccccc1)[C@@H](O)CN(Cc1ccc(-c2ccccn2)cc1)NC(=O)[C@@H](NC(=O)O)C(C)(C)C)N1CCN(Cc2csc(COC)n2)C1=O. The molecule has 322 valence electrons. The number of benzene rings is 2. The lowest BCUT2D eigenvalue weighted by Gasteiger charge is -2.36. The van der Waals surface area contributed by atoms with E-state index in [1.54, 1.807) is 48.9 Å². The number of nitrogens with zero attached hydrogens (tertiary/aromatic N) is 5. The van der Waals surface area contributed by atoms with Crippen molar-refractivity contribution >= 4 is 35.3 Å². The van der Waals surface area contributed by atoms with Crippen molar-refractivity contribution in [1.82, 2.24) is 40.8 Å². The van der Waals surface area contributed by atoms with Crippen LogP contribution in [0.2, 0.25) is 0 Å². The number of hydrogen-bond donors (Lipinski definition) is 5. The summed E-state index contributed by atoms with van der Waals surface area (Å²) in [5, 5.41) is 31.5. The molecule has 15 nitrogen and oxygen atoms in total. The Morgan fingerprint density at radius 2 is 1.68 bits per heavy atom. The minimum Gasteiger partial charge on any atom is -0.465 e. The molecule has 0 bridgehead atoms. The van der Waals surface area contributed by atoms with Crippen LogP contribution >= 0.6 is 11.3 Å². The Kier molecular flexibility index (Phi) is 16.1. The monoisotopic (exact) mass is 842 g/mol. The van der Waals surface area contributed by atoms with E-state index in [9.17, 15) is 29.4 Å². The number of rotatable bonds is 20. The van der Waals surface area contributed by atoms with Gasteiger partial charge in [0.1, 0.15) is 17.1 Å². The maximum atomic E-state index is 14.5. The van der Waals surface area contributed by atoms with Crippen LogP contribution in [-0.2, 0) is 40.4 Å². The zero-order chi connectivity index (χ0) is 43.4. The molecule has 5 N–H and O–H groups in total. The quantitative estimate of drug-likeness (QED) is 0.0730. The first-order valence-corrected chi connectivity index (χ1v) is 21.1. The minimum absolute atomic E-state index is 0.140. The molecule has 0 unspecified atom stereocenters. The summed E-state index contributed by atoms with van der Waals surface area (Å²) in [7, 11) is 1.61. The Bertz CT molecular complexity index is 2010. The normalized spacial score (nSPS) is 15.6. The number of nitrogens with one attached hydrogen (secondary N) is 3. The van der Waals surface area contributed by atoms with Gasteiger partial charge in [-0.1, -0.05) is 102 Å². The zero-order valence-corrected chi connectivity index (χ0v) is 36.0. The summed E-state index contributed by atoms with van der Waals surface area (Å²) in [6, 6.07) is 19.7. The fourth-order valence-electron chi connectivity index (χ4n) is 7.22. The summed E-state index contributed by atoms with van der Waals surface area (Å²) in [6.07, 6.45) is 0.00743. The maximum Gasteiger partial charge on any atom is 0.405 e. The highest BCUT2D eigenvalue weighted by Crippen LogP contribution is 2.25. The van der Waals surface area contributed by atoms with Crippen LogP contribution in [0.3, 0.4) is 0 Å². The molecule has 1 aliphatic heterocycles. The summed E-state index contributed by atoms with van der Waals surface area (Å²) < 4.78 is 5.20. The molecule has 60 heavy (non-hydrogen) atoms. The van der Waals surface area contributed by atoms with Crippen molar-refractivity contribution in [2.45, 2.75) is 91.4 Å². The predicted octanol–water partition coefficient (Wildman–Crippen LogP) is 5.31. The van der Waals surface area contributed by atoms with Crippen molar-refractivity contribution in [3.63, 3.8) is 0 Å². The van der Waals surface area contributed by atoms with E-state index in [0.29, 0.717) is 32.7 Å². The van der Waals surface area contributed by atoms with Crippen molar-refractivity contribution < 1.29 is 34.1 Å². The molecule has 0 radical (unpaired) electrons. The lowest BCUT2D eigenvalue weighted by molar-refractivity contribution is -0.132. The molecule has 2 aromatic carbocycles. The number of carbonyl (C=O) groups excluding carboxylic acids is 3. The standard InChI is InChI=1S/C44H58N8O7S/c1-7-29(2)38(52-22-21-50(43(52)58)25-33-28-60-37(46-33)27-59-6)40(54)47-35(23-30-13-9-8-10-14-30)36(53)26-51(49-41(55)39(44(3,4)5)48-42(56)57)24-31-16-18-32(19-17-31)34-15-11-12-20-45-34/h8-20,28-29,35-36,38-39,48,53H,7,21-27H2,1-6H3,(H,47,54)(H,49,55)(H,56,57)/t29-,35-,36-,38-,39+/m0/s1. The Morgan fingerprint density at radius 3 is 2.32 bits per heavy atom. The van der Waals surface area contributed by atoms with Crippen LogP contribution in [0.4, 0.5) is 9.59 Å². The summed E-state index contributed by atoms with van der Waals surface area (Å²) in [6.45, 7) is 10.6. The highest BCUT2D eigenvalue weighted by Gasteiger charge is 2.41. The van der Waals surface area contributed by atoms with Gasteiger partial charge in [-0.25, -0.2) is 19.6 Å². The highest BCUT2D eigenvalue weighted by molar-refractivity contribution is 7.09. The van der Waals surface area contributed by atoms with Gasteiger partial charge in [0.25, 0.3) is 5.91 Å². The molecule has 2 aromatic heterocycles. The van der Waals surface area contributed by atoms with E-state index in [1.165, 1.54) is 11.3 Å². The molecule has 0 saturated carbocycles. The smallest absolute Gasteiger partial charge is 0.405 e. The Hall–Kier alpha value is -5.42. The Labute approximate surface area is 356 Å². The molecular formula is C44H58N8O7S. The van der Waals surface area contributed by atoms with E-state index in [2.05, 4.69) is 26.0 Å². The second-order valence-electron chi connectivity index (χ2n) is 16.3. The maximum absolute atomic E-state index is 14.5. The number of hydrazine groups is 1. The van der Waals surface area contributed by atoms with Gasteiger partial charge in [-0.15, -0.1) is 11.3 Å². The first kappa shape index (κ1) is 45.7. The molecule has 1 saturated heterocycles. The van der Waals surface area contributed by atoms with Crippen LogP contribution in [0.15, 0.2) is 84.4 Å². The van der Waals surface area contributed by atoms with Crippen molar-refractivity contribution in [2.24, 2.45) is 11.3 Å². The van der Waals surface area contributed by atoms with Crippen LogP contribution in [0.5, 0.6) is 0 Å². The molecule has 5 atom stereocenters. The molecule has 0 aliphatic carbocycles. The van der Waals surface area contributed by atoms with E-state index >= 15 is 0 Å². The number of thiazole rings is 1. The Morgan fingerprint density at radius 1 is 0.967 bits per heavy atom. The number of aliphatic hydroxyl groups excluding tert-OH is 1. The minimum atomic E-state index is -1.35. The molecule has 5 rings (SSSR count). The third kappa shape index (κ3) is 12.5. The highest BCUT2D eigenvalue weighted by atomic mass is 32.1. The number of methoxy groups -OCH3 is 1.